The number of benzene rings is 2. The van der Waals surface area contributed by atoms with E-state index in [0.29, 0.717) is 18.8 Å². The summed E-state index contributed by atoms with van der Waals surface area (Å²) in [6.45, 7) is 4.36. The first-order chi connectivity index (χ1) is 12.0. The van der Waals surface area contributed by atoms with Crippen molar-refractivity contribution in [1.82, 2.24) is 5.48 Å². The van der Waals surface area contributed by atoms with Crippen molar-refractivity contribution in [3.05, 3.63) is 59.7 Å². The Morgan fingerprint density at radius 3 is 1.92 bits per heavy atom. The minimum Gasteiger partial charge on any atom is -0.388 e. The second kappa shape index (κ2) is 9.35. The molecule has 2 aromatic rings. The van der Waals surface area contributed by atoms with E-state index in [2.05, 4.69) is 38.1 Å². The molecule has 0 aliphatic carbocycles. The molecule has 0 aromatic heterocycles. The van der Waals surface area contributed by atoms with Gasteiger partial charge in [-0.1, -0.05) is 68.8 Å². The molecule has 0 heterocycles. The first kappa shape index (κ1) is 19.2. The van der Waals surface area contributed by atoms with Crippen LogP contribution in [0.2, 0.25) is 0 Å². The summed E-state index contributed by atoms with van der Waals surface area (Å²) in [5.41, 5.74) is 6.12. The summed E-state index contributed by atoms with van der Waals surface area (Å²) < 4.78 is 0. The van der Waals surface area contributed by atoms with Crippen LogP contribution in [0.4, 0.5) is 0 Å². The first-order valence-corrected chi connectivity index (χ1v) is 8.82. The van der Waals surface area contributed by atoms with Crippen LogP contribution in [0.15, 0.2) is 48.5 Å². The molecule has 134 valence electrons. The minimum atomic E-state index is -0.533. The number of amides is 1. The van der Waals surface area contributed by atoms with Gasteiger partial charge in [0, 0.05) is 6.42 Å². The molecular weight excluding hydrogens is 314 g/mol. The fourth-order valence-corrected chi connectivity index (χ4v) is 2.80. The third-order valence-electron chi connectivity index (χ3n) is 4.46. The van der Waals surface area contributed by atoms with E-state index >= 15 is 0 Å². The van der Waals surface area contributed by atoms with Crippen LogP contribution in [-0.4, -0.2) is 16.2 Å². The number of hydroxylamine groups is 1. The SMILES string of the molecule is CC(C)c1ccc(-c2ccc(C(O)CCCCC(=O)NO)cc2)cc1. The van der Waals surface area contributed by atoms with Gasteiger partial charge in [-0.15, -0.1) is 0 Å². The molecule has 1 amide bonds. The highest BCUT2D eigenvalue weighted by Gasteiger charge is 2.09. The molecule has 1 atom stereocenters. The van der Waals surface area contributed by atoms with E-state index in [-0.39, 0.29) is 12.3 Å². The van der Waals surface area contributed by atoms with E-state index in [4.69, 9.17) is 5.21 Å². The van der Waals surface area contributed by atoms with Gasteiger partial charge < -0.3 is 5.11 Å². The largest absolute Gasteiger partial charge is 0.388 e. The Labute approximate surface area is 149 Å². The number of carbonyl (C=O) groups is 1. The molecule has 0 spiro atoms. The van der Waals surface area contributed by atoms with Gasteiger partial charge in [-0.25, -0.2) is 5.48 Å². The van der Waals surface area contributed by atoms with Crippen molar-refractivity contribution in [2.24, 2.45) is 0 Å². The fraction of sp³-hybridized carbons (Fsp3) is 0.381. The Balaban J connectivity index is 1.91. The van der Waals surface area contributed by atoms with Crippen LogP contribution in [0.5, 0.6) is 0 Å². The molecule has 2 aromatic carbocycles. The van der Waals surface area contributed by atoms with Gasteiger partial charge in [0.25, 0.3) is 0 Å². The van der Waals surface area contributed by atoms with E-state index in [1.807, 2.05) is 24.3 Å². The average Bonchev–Trinajstić information content (AvgIpc) is 2.65. The Hall–Kier alpha value is -2.17. The third kappa shape index (κ3) is 5.69. The molecule has 0 aliphatic rings. The summed E-state index contributed by atoms with van der Waals surface area (Å²) in [4.78, 5) is 10.9. The lowest BCUT2D eigenvalue weighted by atomic mass is 9.97. The topological polar surface area (TPSA) is 69.6 Å². The molecule has 3 N–H and O–H groups in total. The minimum absolute atomic E-state index is 0.272. The lowest BCUT2D eigenvalue weighted by molar-refractivity contribution is -0.129. The summed E-state index contributed by atoms with van der Waals surface area (Å²) in [5, 5.41) is 18.7. The van der Waals surface area contributed by atoms with Crippen LogP contribution < -0.4 is 5.48 Å². The van der Waals surface area contributed by atoms with E-state index < -0.39 is 6.10 Å². The predicted octanol–water partition coefficient (Wildman–Crippen LogP) is 4.58. The van der Waals surface area contributed by atoms with Gasteiger partial charge in [0.15, 0.2) is 0 Å². The maximum Gasteiger partial charge on any atom is 0.243 e. The van der Waals surface area contributed by atoms with Crippen LogP contribution in [0.1, 0.15) is 62.7 Å². The molecule has 4 heteroatoms. The molecule has 0 saturated heterocycles. The average molecular weight is 341 g/mol. The van der Waals surface area contributed by atoms with Gasteiger partial charge in [-0.3, -0.25) is 10.0 Å². The molecule has 0 bridgehead atoms. The Morgan fingerprint density at radius 2 is 1.44 bits per heavy atom. The Bertz CT molecular complexity index is 663. The van der Waals surface area contributed by atoms with Crippen molar-refractivity contribution in [2.45, 2.75) is 51.6 Å². The van der Waals surface area contributed by atoms with E-state index in [0.717, 1.165) is 17.5 Å². The van der Waals surface area contributed by atoms with Crippen LogP contribution in [0.3, 0.4) is 0 Å². The highest BCUT2D eigenvalue weighted by atomic mass is 16.5. The van der Waals surface area contributed by atoms with Crippen molar-refractivity contribution < 1.29 is 15.1 Å². The van der Waals surface area contributed by atoms with Crippen molar-refractivity contribution >= 4 is 5.91 Å². The predicted molar refractivity (Wildman–Crippen MR) is 99.3 cm³/mol. The Morgan fingerprint density at radius 1 is 0.920 bits per heavy atom. The summed E-state index contributed by atoms with van der Waals surface area (Å²) in [6, 6.07) is 16.5. The molecular formula is C21H27NO3. The van der Waals surface area contributed by atoms with E-state index in [1.54, 1.807) is 5.48 Å². The van der Waals surface area contributed by atoms with E-state index in [1.165, 1.54) is 11.1 Å². The van der Waals surface area contributed by atoms with Crippen LogP contribution in [0, 0.1) is 0 Å². The molecule has 0 aliphatic heterocycles. The highest BCUT2D eigenvalue weighted by molar-refractivity contribution is 5.74. The number of unbranched alkanes of at least 4 members (excludes halogenated alkanes) is 1. The van der Waals surface area contributed by atoms with Gasteiger partial charge in [0.1, 0.15) is 0 Å². The monoisotopic (exact) mass is 341 g/mol. The van der Waals surface area contributed by atoms with Crippen LogP contribution in [0.25, 0.3) is 11.1 Å². The number of nitrogens with one attached hydrogen (secondary N) is 1. The zero-order valence-electron chi connectivity index (χ0n) is 14.9. The molecule has 0 radical (unpaired) electrons. The molecule has 0 saturated carbocycles. The van der Waals surface area contributed by atoms with Crippen molar-refractivity contribution in [1.29, 1.82) is 0 Å². The van der Waals surface area contributed by atoms with Gasteiger partial charge in [0.05, 0.1) is 6.10 Å². The summed E-state index contributed by atoms with van der Waals surface area (Å²) >= 11 is 0. The number of hydrogen-bond acceptors (Lipinski definition) is 3. The molecule has 4 nitrogen and oxygen atoms in total. The number of carbonyl (C=O) groups excluding carboxylic acids is 1. The zero-order valence-corrected chi connectivity index (χ0v) is 14.9. The maximum atomic E-state index is 10.9. The standard InChI is InChI=1S/C21H27NO3/c1-15(2)16-7-9-17(10-8-16)18-11-13-19(14-12-18)20(23)5-3-4-6-21(24)22-25/h7-15,20,23,25H,3-6H2,1-2H3,(H,22,24). The summed E-state index contributed by atoms with van der Waals surface area (Å²) in [7, 11) is 0. The number of aliphatic hydroxyl groups is 1. The quantitative estimate of drug-likeness (QED) is 0.374. The van der Waals surface area contributed by atoms with Crippen molar-refractivity contribution in [3.8, 4) is 11.1 Å². The van der Waals surface area contributed by atoms with Crippen LogP contribution in [-0.2, 0) is 4.79 Å². The zero-order chi connectivity index (χ0) is 18.2. The first-order valence-electron chi connectivity index (χ1n) is 8.82. The lowest BCUT2D eigenvalue weighted by Gasteiger charge is -2.12. The summed E-state index contributed by atoms with van der Waals surface area (Å²) in [5.74, 6) is 0.136. The van der Waals surface area contributed by atoms with Gasteiger partial charge >= 0.3 is 0 Å². The normalized spacial score (nSPS) is 12.2. The second-order valence-electron chi connectivity index (χ2n) is 6.70. The van der Waals surface area contributed by atoms with Crippen molar-refractivity contribution in [3.63, 3.8) is 0 Å². The number of hydrogen-bond donors (Lipinski definition) is 3. The van der Waals surface area contributed by atoms with Gasteiger partial charge in [0.2, 0.25) is 5.91 Å². The lowest BCUT2D eigenvalue weighted by Crippen LogP contribution is -2.17. The molecule has 0 fully saturated rings. The molecule has 1 unspecified atom stereocenters. The third-order valence-corrected chi connectivity index (χ3v) is 4.46. The van der Waals surface area contributed by atoms with E-state index in [9.17, 15) is 9.90 Å². The fourth-order valence-electron chi connectivity index (χ4n) is 2.80. The van der Waals surface area contributed by atoms with Gasteiger partial charge in [-0.2, -0.15) is 0 Å². The maximum absolute atomic E-state index is 10.9. The second-order valence-corrected chi connectivity index (χ2v) is 6.70. The van der Waals surface area contributed by atoms with Gasteiger partial charge in [-0.05, 0) is 41.0 Å². The van der Waals surface area contributed by atoms with Crippen molar-refractivity contribution in [2.75, 3.05) is 0 Å². The number of rotatable bonds is 8. The Kier molecular flexibility index (Phi) is 7.16. The molecule has 2 rings (SSSR count). The molecule has 25 heavy (non-hydrogen) atoms. The van der Waals surface area contributed by atoms with Crippen LogP contribution >= 0.6 is 0 Å². The summed E-state index contributed by atoms with van der Waals surface area (Å²) in [6.07, 6.45) is 1.71. The number of aliphatic hydroxyl groups excluding tert-OH is 1. The highest BCUT2D eigenvalue weighted by Crippen LogP contribution is 2.26. The smallest absolute Gasteiger partial charge is 0.243 e.